The molecule has 0 unspecified atom stereocenters. The summed E-state index contributed by atoms with van der Waals surface area (Å²) in [7, 11) is 0. The second kappa shape index (κ2) is 7.54. The number of aryl methyl sites for hydroxylation is 1. The highest BCUT2D eigenvalue weighted by Gasteiger charge is 2.18. The number of ether oxygens (including phenoxy) is 1. The van der Waals surface area contributed by atoms with Crippen molar-refractivity contribution in [3.63, 3.8) is 0 Å². The third-order valence-electron chi connectivity index (χ3n) is 3.24. The molecule has 2 aromatic rings. The first-order valence-corrected chi connectivity index (χ1v) is 7.25. The van der Waals surface area contributed by atoms with Crippen molar-refractivity contribution < 1.29 is 18.7 Å². The summed E-state index contributed by atoms with van der Waals surface area (Å²) in [6, 6.07) is 13.0. The molecule has 0 bridgehead atoms. The minimum atomic E-state index is -0.962. The Hall–Kier alpha value is -2.69. The van der Waals surface area contributed by atoms with Gasteiger partial charge in [0.25, 0.3) is 5.91 Å². The molecule has 2 rings (SSSR count). The maximum Gasteiger partial charge on any atom is 0.311 e. The number of hydrogen-bond acceptors (Lipinski definition) is 3. The summed E-state index contributed by atoms with van der Waals surface area (Å²) >= 11 is 0. The molecule has 0 spiro atoms. The summed E-state index contributed by atoms with van der Waals surface area (Å²) in [4.78, 5) is 23.8. The molecule has 1 amide bonds. The van der Waals surface area contributed by atoms with Crippen molar-refractivity contribution in [1.29, 1.82) is 0 Å². The molecule has 0 aliphatic carbocycles. The van der Waals surface area contributed by atoms with Crippen LogP contribution in [0.15, 0.2) is 48.5 Å². The summed E-state index contributed by atoms with van der Waals surface area (Å²) in [5.74, 6) is -1.45. The van der Waals surface area contributed by atoms with Crippen LogP contribution in [0.3, 0.4) is 0 Å². The highest BCUT2D eigenvalue weighted by Crippen LogP contribution is 2.11. The standard InChI is InChI=1S/C18H18FNO3/c1-12-6-8-14(9-7-12)10-17(21)23-13(2)18(22)20-16-5-3-4-15(19)11-16/h3-9,11,13H,10H2,1-2H3,(H,20,22)/t13-/m0/s1. The maximum absolute atomic E-state index is 13.1. The Morgan fingerprint density at radius 3 is 2.52 bits per heavy atom. The molecule has 4 nitrogen and oxygen atoms in total. The Labute approximate surface area is 134 Å². The number of halogens is 1. The van der Waals surface area contributed by atoms with Crippen LogP contribution in [-0.2, 0) is 20.7 Å². The number of amides is 1. The molecule has 0 heterocycles. The molecule has 2 aromatic carbocycles. The number of anilines is 1. The molecule has 0 aromatic heterocycles. The Balaban J connectivity index is 1.87. The van der Waals surface area contributed by atoms with Crippen molar-refractivity contribution in [3.05, 3.63) is 65.5 Å². The number of esters is 1. The van der Waals surface area contributed by atoms with Crippen molar-refractivity contribution in [2.75, 3.05) is 5.32 Å². The molecule has 1 N–H and O–H groups in total. The van der Waals surface area contributed by atoms with E-state index in [1.807, 2.05) is 31.2 Å². The lowest BCUT2D eigenvalue weighted by atomic mass is 10.1. The van der Waals surface area contributed by atoms with E-state index in [1.165, 1.54) is 25.1 Å². The number of nitrogens with one attached hydrogen (secondary N) is 1. The molecule has 5 heteroatoms. The number of benzene rings is 2. The van der Waals surface area contributed by atoms with E-state index in [0.29, 0.717) is 5.69 Å². The molecule has 0 radical (unpaired) electrons. The molecule has 23 heavy (non-hydrogen) atoms. The van der Waals surface area contributed by atoms with Crippen LogP contribution in [-0.4, -0.2) is 18.0 Å². The average Bonchev–Trinajstić information content (AvgIpc) is 2.49. The van der Waals surface area contributed by atoms with Gasteiger partial charge in [-0.15, -0.1) is 0 Å². The van der Waals surface area contributed by atoms with E-state index in [4.69, 9.17) is 4.74 Å². The molecule has 1 atom stereocenters. The van der Waals surface area contributed by atoms with Gasteiger partial charge in [0.1, 0.15) is 5.82 Å². The monoisotopic (exact) mass is 315 g/mol. The Morgan fingerprint density at radius 2 is 1.87 bits per heavy atom. The van der Waals surface area contributed by atoms with E-state index in [1.54, 1.807) is 6.07 Å². The van der Waals surface area contributed by atoms with E-state index in [0.717, 1.165) is 11.1 Å². The van der Waals surface area contributed by atoms with Gasteiger partial charge in [0, 0.05) is 5.69 Å². The van der Waals surface area contributed by atoms with Gasteiger partial charge in [-0.1, -0.05) is 35.9 Å². The molecule has 0 aliphatic heterocycles. The SMILES string of the molecule is Cc1ccc(CC(=O)O[C@@H](C)C(=O)Nc2cccc(F)c2)cc1. The van der Waals surface area contributed by atoms with E-state index in [-0.39, 0.29) is 6.42 Å². The quantitative estimate of drug-likeness (QED) is 0.862. The fourth-order valence-corrected chi connectivity index (χ4v) is 1.98. The summed E-state index contributed by atoms with van der Waals surface area (Å²) < 4.78 is 18.2. The van der Waals surface area contributed by atoms with E-state index in [9.17, 15) is 14.0 Å². The minimum Gasteiger partial charge on any atom is -0.452 e. The number of rotatable bonds is 5. The Morgan fingerprint density at radius 1 is 1.17 bits per heavy atom. The second-order valence-corrected chi connectivity index (χ2v) is 5.29. The predicted molar refractivity (Wildman–Crippen MR) is 85.5 cm³/mol. The maximum atomic E-state index is 13.1. The van der Waals surface area contributed by atoms with E-state index in [2.05, 4.69) is 5.32 Å². The zero-order valence-corrected chi connectivity index (χ0v) is 13.0. The third-order valence-corrected chi connectivity index (χ3v) is 3.24. The highest BCUT2D eigenvalue weighted by atomic mass is 19.1. The highest BCUT2D eigenvalue weighted by molar-refractivity contribution is 5.95. The summed E-state index contributed by atoms with van der Waals surface area (Å²) in [6.45, 7) is 3.43. The van der Waals surface area contributed by atoms with Crippen LogP contribution < -0.4 is 5.32 Å². The van der Waals surface area contributed by atoms with Gasteiger partial charge in [-0.25, -0.2) is 4.39 Å². The third kappa shape index (κ3) is 5.21. The molecular formula is C18H18FNO3. The molecular weight excluding hydrogens is 297 g/mol. The van der Waals surface area contributed by atoms with Gasteiger partial charge in [-0.2, -0.15) is 0 Å². The lowest BCUT2D eigenvalue weighted by Crippen LogP contribution is -2.30. The van der Waals surface area contributed by atoms with Crippen molar-refractivity contribution in [3.8, 4) is 0 Å². The average molecular weight is 315 g/mol. The summed E-state index contributed by atoms with van der Waals surface area (Å²) in [6.07, 6.45) is -0.867. The number of carbonyl (C=O) groups excluding carboxylic acids is 2. The van der Waals surface area contributed by atoms with Crippen LogP contribution in [0.2, 0.25) is 0 Å². The zero-order chi connectivity index (χ0) is 16.8. The van der Waals surface area contributed by atoms with E-state index < -0.39 is 23.8 Å². The molecule has 0 saturated heterocycles. The lowest BCUT2D eigenvalue weighted by Gasteiger charge is -2.13. The van der Waals surface area contributed by atoms with Gasteiger partial charge < -0.3 is 10.1 Å². The Bertz CT molecular complexity index is 698. The van der Waals surface area contributed by atoms with Gasteiger partial charge in [0.05, 0.1) is 6.42 Å². The van der Waals surface area contributed by atoms with Crippen LogP contribution in [0.1, 0.15) is 18.1 Å². The van der Waals surface area contributed by atoms with Crippen molar-refractivity contribution in [2.45, 2.75) is 26.4 Å². The predicted octanol–water partition coefficient (Wildman–Crippen LogP) is 3.25. The summed E-state index contributed by atoms with van der Waals surface area (Å²) in [5, 5.41) is 2.50. The number of hydrogen-bond donors (Lipinski definition) is 1. The topological polar surface area (TPSA) is 55.4 Å². The molecule has 120 valence electrons. The van der Waals surface area contributed by atoms with Crippen LogP contribution in [0.4, 0.5) is 10.1 Å². The first-order valence-electron chi connectivity index (χ1n) is 7.25. The molecule has 0 aliphatic rings. The van der Waals surface area contributed by atoms with Gasteiger partial charge in [0.2, 0.25) is 0 Å². The van der Waals surface area contributed by atoms with Crippen LogP contribution >= 0.6 is 0 Å². The zero-order valence-electron chi connectivity index (χ0n) is 13.0. The Kier molecular flexibility index (Phi) is 5.46. The van der Waals surface area contributed by atoms with Gasteiger partial charge in [-0.3, -0.25) is 9.59 Å². The first-order chi connectivity index (χ1) is 10.9. The molecule has 0 fully saturated rings. The lowest BCUT2D eigenvalue weighted by molar-refractivity contribution is -0.152. The van der Waals surface area contributed by atoms with Gasteiger partial charge >= 0.3 is 5.97 Å². The van der Waals surface area contributed by atoms with Crippen LogP contribution in [0, 0.1) is 12.7 Å². The van der Waals surface area contributed by atoms with Crippen LogP contribution in [0.25, 0.3) is 0 Å². The fourth-order valence-electron chi connectivity index (χ4n) is 1.98. The first kappa shape index (κ1) is 16.7. The van der Waals surface area contributed by atoms with Gasteiger partial charge in [0.15, 0.2) is 6.10 Å². The van der Waals surface area contributed by atoms with Crippen molar-refractivity contribution in [2.24, 2.45) is 0 Å². The molecule has 0 saturated carbocycles. The number of carbonyl (C=O) groups is 2. The normalized spacial score (nSPS) is 11.6. The van der Waals surface area contributed by atoms with Crippen molar-refractivity contribution in [1.82, 2.24) is 0 Å². The minimum absolute atomic E-state index is 0.0951. The second-order valence-electron chi connectivity index (χ2n) is 5.29. The van der Waals surface area contributed by atoms with Gasteiger partial charge in [-0.05, 0) is 37.6 Å². The largest absolute Gasteiger partial charge is 0.452 e. The summed E-state index contributed by atoms with van der Waals surface area (Å²) in [5.41, 5.74) is 2.24. The fraction of sp³-hybridized carbons (Fsp3) is 0.222. The van der Waals surface area contributed by atoms with Crippen molar-refractivity contribution >= 4 is 17.6 Å². The smallest absolute Gasteiger partial charge is 0.311 e. The van der Waals surface area contributed by atoms with Crippen LogP contribution in [0.5, 0.6) is 0 Å². The van der Waals surface area contributed by atoms with E-state index >= 15 is 0 Å².